The molecule has 108 valence electrons. The van der Waals surface area contributed by atoms with Crippen molar-refractivity contribution in [3.8, 4) is 0 Å². The van der Waals surface area contributed by atoms with Crippen molar-refractivity contribution in [1.29, 1.82) is 0 Å². The van der Waals surface area contributed by atoms with Crippen LogP contribution in [-0.2, 0) is 11.2 Å². The number of nitrogens with one attached hydrogen (secondary N) is 1. The van der Waals surface area contributed by atoms with Crippen molar-refractivity contribution in [1.82, 2.24) is 10.2 Å². The number of urea groups is 1. The van der Waals surface area contributed by atoms with E-state index in [0.717, 1.165) is 12.8 Å². The number of carbonyl (C=O) groups is 1. The summed E-state index contributed by atoms with van der Waals surface area (Å²) in [6.07, 6.45) is 3.73. The lowest BCUT2D eigenvalue weighted by molar-refractivity contribution is -0.0175. The second kappa shape index (κ2) is 7.70. The zero-order chi connectivity index (χ0) is 14.2. The van der Waals surface area contributed by atoms with E-state index in [9.17, 15) is 4.79 Å². The number of morpholine rings is 1. The number of rotatable bonds is 5. The minimum atomic E-state index is -0.0297. The maximum atomic E-state index is 11.9. The summed E-state index contributed by atoms with van der Waals surface area (Å²) in [5, 5.41) is 2.81. The summed E-state index contributed by atoms with van der Waals surface area (Å²) in [4.78, 5) is 13.7. The normalized spacial score (nSPS) is 18.6. The summed E-state index contributed by atoms with van der Waals surface area (Å²) in [6, 6.07) is 10.3. The maximum absolute atomic E-state index is 11.9. The lowest BCUT2D eigenvalue weighted by atomic mass is 10.1. The van der Waals surface area contributed by atoms with Gasteiger partial charge in [-0.3, -0.25) is 0 Å². The second-order valence-electron chi connectivity index (χ2n) is 4.94. The van der Waals surface area contributed by atoms with Gasteiger partial charge in [0.05, 0.1) is 12.7 Å². The second-order valence-corrected chi connectivity index (χ2v) is 4.94. The number of hydrogen-bond acceptors (Lipinski definition) is 2. The van der Waals surface area contributed by atoms with Crippen molar-refractivity contribution in [2.75, 3.05) is 26.2 Å². The summed E-state index contributed by atoms with van der Waals surface area (Å²) in [7, 11) is 0. The lowest BCUT2D eigenvalue weighted by Gasteiger charge is -2.33. The Hall–Kier alpha value is -1.81. The molecule has 0 radical (unpaired) electrons. The fourth-order valence-corrected chi connectivity index (χ4v) is 2.32. The van der Waals surface area contributed by atoms with Gasteiger partial charge in [-0.05, 0) is 18.4 Å². The van der Waals surface area contributed by atoms with Crippen LogP contribution in [-0.4, -0.2) is 43.3 Å². The molecule has 0 aromatic heterocycles. The van der Waals surface area contributed by atoms with Crippen LogP contribution in [0, 0.1) is 0 Å². The smallest absolute Gasteiger partial charge is 0.317 e. The van der Waals surface area contributed by atoms with E-state index in [2.05, 4.69) is 24.0 Å². The molecule has 0 saturated carbocycles. The summed E-state index contributed by atoms with van der Waals surface area (Å²) in [5.41, 5.74) is 1.31. The predicted octanol–water partition coefficient (Wildman–Crippen LogP) is 2.22. The van der Waals surface area contributed by atoms with Gasteiger partial charge in [0.15, 0.2) is 0 Å². The van der Waals surface area contributed by atoms with Gasteiger partial charge in [-0.2, -0.15) is 0 Å². The van der Waals surface area contributed by atoms with Crippen LogP contribution in [0.1, 0.15) is 12.0 Å². The van der Waals surface area contributed by atoms with Gasteiger partial charge in [0.25, 0.3) is 0 Å². The summed E-state index contributed by atoms with van der Waals surface area (Å²) < 4.78 is 5.74. The first kappa shape index (κ1) is 14.6. The quantitative estimate of drug-likeness (QED) is 0.836. The molecule has 0 aliphatic carbocycles. The van der Waals surface area contributed by atoms with Gasteiger partial charge in [-0.1, -0.05) is 36.4 Å². The highest BCUT2D eigenvalue weighted by Gasteiger charge is 2.23. The standard InChI is InChI=1S/C16H22N2O2/c1-2-10-17-16(19)18-11-12-20-15(13-18)9-8-14-6-4-3-5-7-14/h2-7,15H,1,8-13H2,(H,17,19)/t15-/m1/s1. The Morgan fingerprint density at radius 1 is 1.45 bits per heavy atom. The SMILES string of the molecule is C=CCNC(=O)N1CCO[C@H](CCc2ccccc2)C1. The van der Waals surface area contributed by atoms with E-state index in [1.807, 2.05) is 23.1 Å². The van der Waals surface area contributed by atoms with Gasteiger partial charge in [-0.15, -0.1) is 6.58 Å². The summed E-state index contributed by atoms with van der Waals surface area (Å²) >= 11 is 0. The van der Waals surface area contributed by atoms with E-state index in [1.54, 1.807) is 6.08 Å². The third-order valence-corrected chi connectivity index (χ3v) is 3.42. The van der Waals surface area contributed by atoms with Gasteiger partial charge in [-0.25, -0.2) is 4.79 Å². The van der Waals surface area contributed by atoms with Gasteiger partial charge in [0.1, 0.15) is 0 Å². The Labute approximate surface area is 120 Å². The summed E-state index contributed by atoms with van der Waals surface area (Å²) in [6.45, 7) is 6.03. The van der Waals surface area contributed by atoms with Crippen LogP contribution < -0.4 is 5.32 Å². The fourth-order valence-electron chi connectivity index (χ4n) is 2.32. The lowest BCUT2D eigenvalue weighted by Crippen LogP contribution is -2.49. The third kappa shape index (κ3) is 4.38. The van der Waals surface area contributed by atoms with Crippen LogP contribution in [0.15, 0.2) is 43.0 Å². The molecule has 0 unspecified atom stereocenters. The zero-order valence-electron chi connectivity index (χ0n) is 11.8. The molecule has 4 heteroatoms. The van der Waals surface area contributed by atoms with Gasteiger partial charge >= 0.3 is 6.03 Å². The van der Waals surface area contributed by atoms with E-state index in [0.29, 0.717) is 26.2 Å². The molecule has 1 aromatic carbocycles. The molecular formula is C16H22N2O2. The van der Waals surface area contributed by atoms with Crippen molar-refractivity contribution in [3.05, 3.63) is 48.6 Å². The molecule has 4 nitrogen and oxygen atoms in total. The van der Waals surface area contributed by atoms with Gasteiger partial charge < -0.3 is 15.0 Å². The molecule has 2 amide bonds. The number of nitrogens with zero attached hydrogens (tertiary/aromatic N) is 1. The number of carbonyl (C=O) groups excluding carboxylic acids is 1. The van der Waals surface area contributed by atoms with E-state index in [4.69, 9.17) is 4.74 Å². The average Bonchev–Trinajstić information content (AvgIpc) is 2.52. The van der Waals surface area contributed by atoms with Crippen LogP contribution >= 0.6 is 0 Å². The van der Waals surface area contributed by atoms with Crippen LogP contribution in [0.3, 0.4) is 0 Å². The Kier molecular flexibility index (Phi) is 5.62. The van der Waals surface area contributed by atoms with Crippen molar-refractivity contribution >= 4 is 6.03 Å². The van der Waals surface area contributed by atoms with E-state index < -0.39 is 0 Å². The Morgan fingerprint density at radius 2 is 2.25 bits per heavy atom. The first-order chi connectivity index (χ1) is 9.79. The molecule has 1 heterocycles. The van der Waals surface area contributed by atoms with Gasteiger partial charge in [0, 0.05) is 19.6 Å². The van der Waals surface area contributed by atoms with Gasteiger partial charge in [0.2, 0.25) is 0 Å². The number of amides is 2. The highest BCUT2D eigenvalue weighted by molar-refractivity contribution is 5.74. The number of hydrogen-bond donors (Lipinski definition) is 1. The van der Waals surface area contributed by atoms with Crippen molar-refractivity contribution < 1.29 is 9.53 Å². The zero-order valence-corrected chi connectivity index (χ0v) is 11.8. The predicted molar refractivity (Wildman–Crippen MR) is 79.7 cm³/mol. The number of ether oxygens (including phenoxy) is 1. The molecule has 1 atom stereocenters. The molecule has 20 heavy (non-hydrogen) atoms. The maximum Gasteiger partial charge on any atom is 0.317 e. The van der Waals surface area contributed by atoms with Crippen LogP contribution in [0.5, 0.6) is 0 Å². The van der Waals surface area contributed by atoms with E-state index >= 15 is 0 Å². The van der Waals surface area contributed by atoms with Crippen LogP contribution in [0.25, 0.3) is 0 Å². The minimum absolute atomic E-state index is 0.0297. The number of aryl methyl sites for hydroxylation is 1. The van der Waals surface area contributed by atoms with Crippen LogP contribution in [0.2, 0.25) is 0 Å². The first-order valence-electron chi connectivity index (χ1n) is 7.09. The highest BCUT2D eigenvalue weighted by Crippen LogP contribution is 2.12. The fraction of sp³-hybridized carbons (Fsp3) is 0.438. The van der Waals surface area contributed by atoms with E-state index in [-0.39, 0.29) is 12.1 Å². The first-order valence-corrected chi connectivity index (χ1v) is 7.09. The molecule has 1 saturated heterocycles. The average molecular weight is 274 g/mol. The third-order valence-electron chi connectivity index (χ3n) is 3.42. The highest BCUT2D eigenvalue weighted by atomic mass is 16.5. The minimum Gasteiger partial charge on any atom is -0.375 e. The largest absolute Gasteiger partial charge is 0.375 e. The summed E-state index contributed by atoms with van der Waals surface area (Å²) in [5.74, 6) is 0. The molecule has 2 rings (SSSR count). The Balaban J connectivity index is 1.78. The molecule has 1 N–H and O–H groups in total. The molecule has 0 spiro atoms. The number of benzene rings is 1. The molecular weight excluding hydrogens is 252 g/mol. The molecule has 1 fully saturated rings. The monoisotopic (exact) mass is 274 g/mol. The van der Waals surface area contributed by atoms with Crippen molar-refractivity contribution in [3.63, 3.8) is 0 Å². The van der Waals surface area contributed by atoms with Crippen molar-refractivity contribution in [2.24, 2.45) is 0 Å². The Bertz CT molecular complexity index is 433. The topological polar surface area (TPSA) is 41.6 Å². The Morgan fingerprint density at radius 3 is 3.00 bits per heavy atom. The molecule has 0 bridgehead atoms. The molecule has 1 aliphatic rings. The van der Waals surface area contributed by atoms with Crippen LogP contribution in [0.4, 0.5) is 4.79 Å². The van der Waals surface area contributed by atoms with E-state index in [1.165, 1.54) is 5.56 Å². The molecule has 1 aliphatic heterocycles. The van der Waals surface area contributed by atoms with Crippen molar-refractivity contribution in [2.45, 2.75) is 18.9 Å². The molecule has 1 aromatic rings.